The van der Waals surface area contributed by atoms with Crippen molar-refractivity contribution in [3.8, 4) is 0 Å². The van der Waals surface area contributed by atoms with Gasteiger partial charge in [0.15, 0.2) is 0 Å². The Morgan fingerprint density at radius 2 is 2.67 bits per heavy atom. The Labute approximate surface area is 54.3 Å². The predicted molar refractivity (Wildman–Crippen MR) is 35.8 cm³/mol. The molecule has 0 fully saturated rings. The molecule has 1 heterocycles. The number of hydrogen-bond donors (Lipinski definition) is 2. The van der Waals surface area contributed by atoms with Crippen molar-refractivity contribution < 1.29 is 0 Å². The molecule has 3 N–H and O–H groups in total. The van der Waals surface area contributed by atoms with Crippen molar-refractivity contribution in [3.63, 3.8) is 0 Å². The van der Waals surface area contributed by atoms with Crippen LogP contribution < -0.4 is 5.73 Å². The van der Waals surface area contributed by atoms with Crippen LogP contribution in [0, 0.1) is 0 Å². The molecule has 0 aliphatic rings. The predicted octanol–water partition coefficient (Wildman–Crippen LogP) is 0.820. The lowest BCUT2D eigenvalue weighted by Crippen LogP contribution is -2.09. The fourth-order valence-electron chi connectivity index (χ4n) is 0.674. The maximum absolute atomic E-state index is 5.64. The standard InChI is InChI=1S/C6H11N3/c1-2-5(7)6-8-3-4-9-6/h3-5H,2,7H2,1H3,(H,8,9)/t5-/m0/s1. The van der Waals surface area contributed by atoms with Gasteiger partial charge in [-0.15, -0.1) is 0 Å². The van der Waals surface area contributed by atoms with Crippen LogP contribution in [0.2, 0.25) is 0 Å². The minimum atomic E-state index is 0.0694. The summed E-state index contributed by atoms with van der Waals surface area (Å²) in [6.07, 6.45) is 4.42. The van der Waals surface area contributed by atoms with E-state index < -0.39 is 0 Å². The monoisotopic (exact) mass is 125 g/mol. The van der Waals surface area contributed by atoms with Gasteiger partial charge in [-0.3, -0.25) is 0 Å². The number of nitrogens with one attached hydrogen (secondary N) is 1. The summed E-state index contributed by atoms with van der Waals surface area (Å²) in [4.78, 5) is 6.96. The van der Waals surface area contributed by atoms with Crippen LogP contribution in [-0.2, 0) is 0 Å². The number of H-pyrrole nitrogens is 1. The number of aromatic nitrogens is 2. The van der Waals surface area contributed by atoms with Crippen LogP contribution in [-0.4, -0.2) is 9.97 Å². The molecule has 0 unspecified atom stereocenters. The first-order chi connectivity index (χ1) is 4.34. The van der Waals surface area contributed by atoms with E-state index in [1.165, 1.54) is 0 Å². The number of nitrogens with zero attached hydrogens (tertiary/aromatic N) is 1. The summed E-state index contributed by atoms with van der Waals surface area (Å²) in [6, 6.07) is 0.0694. The Hall–Kier alpha value is -0.830. The number of hydrogen-bond acceptors (Lipinski definition) is 2. The molecule has 0 amide bonds. The van der Waals surface area contributed by atoms with Crippen LogP contribution in [0.4, 0.5) is 0 Å². The van der Waals surface area contributed by atoms with Gasteiger partial charge in [0, 0.05) is 12.4 Å². The minimum absolute atomic E-state index is 0.0694. The third-order valence-electron chi connectivity index (χ3n) is 1.31. The lowest BCUT2D eigenvalue weighted by atomic mass is 10.2. The van der Waals surface area contributed by atoms with E-state index in [9.17, 15) is 0 Å². The Kier molecular flexibility index (Phi) is 1.85. The van der Waals surface area contributed by atoms with Crippen molar-refractivity contribution >= 4 is 0 Å². The van der Waals surface area contributed by atoms with Gasteiger partial charge >= 0.3 is 0 Å². The molecule has 1 aromatic heterocycles. The zero-order valence-corrected chi connectivity index (χ0v) is 5.46. The molecule has 0 aromatic carbocycles. The van der Waals surface area contributed by atoms with Crippen LogP contribution in [0.1, 0.15) is 25.2 Å². The summed E-state index contributed by atoms with van der Waals surface area (Å²) in [5.74, 6) is 0.873. The Balaban J connectivity index is 2.65. The number of nitrogens with two attached hydrogens (primary N) is 1. The molecule has 0 saturated heterocycles. The second-order valence-corrected chi connectivity index (χ2v) is 1.99. The maximum Gasteiger partial charge on any atom is 0.122 e. The molecule has 0 aliphatic carbocycles. The summed E-state index contributed by atoms with van der Waals surface area (Å²) in [5.41, 5.74) is 5.64. The van der Waals surface area contributed by atoms with Gasteiger partial charge in [-0.05, 0) is 6.42 Å². The van der Waals surface area contributed by atoms with E-state index in [0.717, 1.165) is 12.2 Å². The zero-order valence-electron chi connectivity index (χ0n) is 5.46. The topological polar surface area (TPSA) is 54.7 Å². The molecule has 9 heavy (non-hydrogen) atoms. The molecular weight excluding hydrogens is 114 g/mol. The summed E-state index contributed by atoms with van der Waals surface area (Å²) in [5, 5.41) is 0. The summed E-state index contributed by atoms with van der Waals surface area (Å²) in [7, 11) is 0. The minimum Gasteiger partial charge on any atom is -0.347 e. The molecule has 0 aliphatic heterocycles. The molecular formula is C6H11N3. The normalized spacial score (nSPS) is 13.6. The third kappa shape index (κ3) is 1.29. The Bertz CT molecular complexity index is 157. The number of aromatic amines is 1. The summed E-state index contributed by atoms with van der Waals surface area (Å²) < 4.78 is 0. The average Bonchev–Trinajstić information content (AvgIpc) is 2.37. The third-order valence-corrected chi connectivity index (χ3v) is 1.31. The van der Waals surface area contributed by atoms with Crippen LogP contribution in [0.15, 0.2) is 12.4 Å². The second kappa shape index (κ2) is 2.64. The molecule has 1 aromatic rings. The molecule has 0 bridgehead atoms. The lowest BCUT2D eigenvalue weighted by Gasteiger charge is -2.01. The van der Waals surface area contributed by atoms with Gasteiger partial charge in [0.2, 0.25) is 0 Å². The second-order valence-electron chi connectivity index (χ2n) is 1.99. The molecule has 0 radical (unpaired) electrons. The number of rotatable bonds is 2. The van der Waals surface area contributed by atoms with Gasteiger partial charge in [0.05, 0.1) is 6.04 Å². The van der Waals surface area contributed by atoms with Gasteiger partial charge in [0.1, 0.15) is 5.82 Å². The zero-order chi connectivity index (χ0) is 6.69. The molecule has 1 rings (SSSR count). The highest BCUT2D eigenvalue weighted by Gasteiger charge is 2.02. The van der Waals surface area contributed by atoms with Gasteiger partial charge in [-0.1, -0.05) is 6.92 Å². The SMILES string of the molecule is CC[C@H](N)c1ncc[nH]1. The Morgan fingerprint density at radius 3 is 3.11 bits per heavy atom. The quantitative estimate of drug-likeness (QED) is 0.614. The van der Waals surface area contributed by atoms with E-state index in [0.29, 0.717) is 0 Å². The van der Waals surface area contributed by atoms with Crippen LogP contribution in [0.5, 0.6) is 0 Å². The largest absolute Gasteiger partial charge is 0.347 e. The summed E-state index contributed by atoms with van der Waals surface area (Å²) >= 11 is 0. The first-order valence-corrected chi connectivity index (χ1v) is 3.09. The van der Waals surface area contributed by atoms with Crippen molar-refractivity contribution in [2.24, 2.45) is 5.73 Å². The van der Waals surface area contributed by atoms with Gasteiger partial charge in [-0.25, -0.2) is 4.98 Å². The summed E-state index contributed by atoms with van der Waals surface area (Å²) in [6.45, 7) is 2.03. The average molecular weight is 125 g/mol. The van der Waals surface area contributed by atoms with Crippen molar-refractivity contribution in [1.82, 2.24) is 9.97 Å². The molecule has 0 spiro atoms. The van der Waals surface area contributed by atoms with Crippen LogP contribution in [0.25, 0.3) is 0 Å². The first kappa shape index (κ1) is 6.29. The molecule has 1 atom stereocenters. The van der Waals surface area contributed by atoms with E-state index in [2.05, 4.69) is 9.97 Å². The Morgan fingerprint density at radius 1 is 1.89 bits per heavy atom. The van der Waals surface area contributed by atoms with Crippen LogP contribution in [0.3, 0.4) is 0 Å². The smallest absolute Gasteiger partial charge is 0.122 e. The molecule has 3 nitrogen and oxygen atoms in total. The van der Waals surface area contributed by atoms with Crippen molar-refractivity contribution in [2.45, 2.75) is 19.4 Å². The highest BCUT2D eigenvalue weighted by Crippen LogP contribution is 2.05. The van der Waals surface area contributed by atoms with E-state index in [-0.39, 0.29) is 6.04 Å². The molecule has 3 heteroatoms. The van der Waals surface area contributed by atoms with Crippen molar-refractivity contribution in [2.75, 3.05) is 0 Å². The molecule has 0 saturated carbocycles. The lowest BCUT2D eigenvalue weighted by molar-refractivity contribution is 0.658. The number of imidazole rings is 1. The van der Waals surface area contributed by atoms with Crippen LogP contribution >= 0.6 is 0 Å². The van der Waals surface area contributed by atoms with E-state index >= 15 is 0 Å². The fourth-order valence-corrected chi connectivity index (χ4v) is 0.674. The highest BCUT2D eigenvalue weighted by molar-refractivity contribution is 4.92. The van der Waals surface area contributed by atoms with E-state index in [4.69, 9.17) is 5.73 Å². The van der Waals surface area contributed by atoms with E-state index in [1.807, 2.05) is 6.92 Å². The first-order valence-electron chi connectivity index (χ1n) is 3.09. The van der Waals surface area contributed by atoms with Gasteiger partial charge < -0.3 is 10.7 Å². The highest BCUT2D eigenvalue weighted by atomic mass is 14.9. The maximum atomic E-state index is 5.64. The van der Waals surface area contributed by atoms with E-state index in [1.54, 1.807) is 12.4 Å². The van der Waals surface area contributed by atoms with Crippen molar-refractivity contribution in [3.05, 3.63) is 18.2 Å². The van der Waals surface area contributed by atoms with Gasteiger partial charge in [-0.2, -0.15) is 0 Å². The van der Waals surface area contributed by atoms with Crippen molar-refractivity contribution in [1.29, 1.82) is 0 Å². The molecule has 50 valence electrons. The fraction of sp³-hybridized carbons (Fsp3) is 0.500. The van der Waals surface area contributed by atoms with Gasteiger partial charge in [0.25, 0.3) is 0 Å².